The number of hydrogen-bond donors (Lipinski definition) is 3. The van der Waals surface area contributed by atoms with Crippen LogP contribution in [0.5, 0.6) is 0 Å². The fourth-order valence-electron chi connectivity index (χ4n) is 4.18. The number of pyridine rings is 1. The van der Waals surface area contributed by atoms with Crippen LogP contribution in [0.2, 0.25) is 5.02 Å². The van der Waals surface area contributed by atoms with Crippen molar-refractivity contribution in [2.75, 3.05) is 11.9 Å². The Labute approximate surface area is 202 Å². The summed E-state index contributed by atoms with van der Waals surface area (Å²) >= 11 is 6.70. The van der Waals surface area contributed by atoms with Crippen LogP contribution in [0, 0.1) is 12.8 Å². The van der Waals surface area contributed by atoms with Gasteiger partial charge in [0.2, 0.25) is 0 Å². The summed E-state index contributed by atoms with van der Waals surface area (Å²) in [5.74, 6) is 1.05. The van der Waals surface area contributed by atoms with E-state index in [1.165, 1.54) is 0 Å². The highest BCUT2D eigenvalue weighted by Gasteiger charge is 2.33. The minimum atomic E-state index is -0.861. The Morgan fingerprint density at radius 1 is 1.33 bits per heavy atom. The number of carbonyl (C=O) groups excluding carboxylic acids is 1. The van der Waals surface area contributed by atoms with Crippen molar-refractivity contribution in [1.82, 2.24) is 20.1 Å². The fourth-order valence-corrected chi connectivity index (χ4v) is 4.51. The Hall–Kier alpha value is -2.12. The molecule has 0 bridgehead atoms. The Kier molecular flexibility index (Phi) is 7.74. The molecule has 2 aromatic rings. The van der Waals surface area contributed by atoms with Gasteiger partial charge in [0.25, 0.3) is 5.91 Å². The summed E-state index contributed by atoms with van der Waals surface area (Å²) in [6.07, 6.45) is 6.07. The highest BCUT2D eigenvalue weighted by atomic mass is 35.5. The largest absolute Gasteiger partial charge is 0.388 e. The van der Waals surface area contributed by atoms with Crippen LogP contribution >= 0.6 is 11.6 Å². The summed E-state index contributed by atoms with van der Waals surface area (Å²) in [6.45, 7) is 13.3. The maximum Gasteiger partial charge on any atom is 0.273 e. The van der Waals surface area contributed by atoms with Crippen molar-refractivity contribution in [1.29, 1.82) is 0 Å². The second-order valence-corrected chi connectivity index (χ2v) is 10.5. The van der Waals surface area contributed by atoms with Crippen molar-refractivity contribution in [3.63, 3.8) is 0 Å². The highest BCUT2D eigenvalue weighted by Crippen LogP contribution is 2.35. The predicted molar refractivity (Wildman–Crippen MR) is 134 cm³/mol. The average molecular weight is 476 g/mol. The molecule has 3 rings (SSSR count). The molecular formula is C25H38ClN5O2. The zero-order chi connectivity index (χ0) is 24.4. The molecule has 7 nitrogen and oxygen atoms in total. The number of aliphatic hydroxyl groups is 1. The first-order chi connectivity index (χ1) is 15.5. The lowest BCUT2D eigenvalue weighted by atomic mass is 9.79. The third-order valence-corrected chi connectivity index (χ3v) is 7.27. The third kappa shape index (κ3) is 5.87. The van der Waals surface area contributed by atoms with Gasteiger partial charge in [0.15, 0.2) is 5.69 Å². The molecule has 2 aromatic heterocycles. The summed E-state index contributed by atoms with van der Waals surface area (Å²) in [4.78, 5) is 17.5. The maximum absolute atomic E-state index is 12.9. The summed E-state index contributed by atoms with van der Waals surface area (Å²) < 4.78 is 1.74. The van der Waals surface area contributed by atoms with Gasteiger partial charge in [-0.25, -0.2) is 4.98 Å². The number of halogens is 1. The van der Waals surface area contributed by atoms with Crippen LogP contribution in [0.4, 0.5) is 5.82 Å². The van der Waals surface area contributed by atoms with Crippen molar-refractivity contribution in [2.45, 2.75) is 91.3 Å². The molecule has 0 radical (unpaired) electrons. The molecule has 0 atom stereocenters. The molecule has 1 aliphatic rings. The monoisotopic (exact) mass is 475 g/mol. The predicted octanol–water partition coefficient (Wildman–Crippen LogP) is 5.20. The van der Waals surface area contributed by atoms with Gasteiger partial charge in [-0.3, -0.25) is 9.48 Å². The maximum atomic E-state index is 12.9. The quantitative estimate of drug-likeness (QED) is 0.488. The number of aromatic nitrogens is 3. The van der Waals surface area contributed by atoms with E-state index in [-0.39, 0.29) is 23.7 Å². The second kappa shape index (κ2) is 10.0. The highest BCUT2D eigenvalue weighted by molar-refractivity contribution is 6.36. The van der Waals surface area contributed by atoms with E-state index in [1.807, 2.05) is 19.9 Å². The van der Waals surface area contributed by atoms with Gasteiger partial charge in [0, 0.05) is 30.4 Å². The Bertz CT molecular complexity index is 993. The van der Waals surface area contributed by atoms with E-state index in [0.717, 1.165) is 36.2 Å². The van der Waals surface area contributed by atoms with Crippen molar-refractivity contribution in [3.05, 3.63) is 28.5 Å². The molecule has 33 heavy (non-hydrogen) atoms. The Morgan fingerprint density at radius 3 is 2.58 bits per heavy atom. The molecule has 182 valence electrons. The standard InChI is InChI=1S/C25H38ClN5O2/c1-7-24(5,6)29-19-13-17(4)18(14-27-19)22-20(26)21(30-31(22)8-2)23(32)28-15-25(33)11-9-16(3)10-12-25/h13-14,16,33H,7-12,15H2,1-6H3,(H,27,29)(H,28,32). The second-order valence-electron chi connectivity index (χ2n) is 10.2. The molecule has 1 amide bonds. The number of rotatable bonds is 8. The molecule has 3 N–H and O–H groups in total. The van der Waals surface area contributed by atoms with Crippen molar-refractivity contribution < 1.29 is 9.90 Å². The van der Waals surface area contributed by atoms with E-state index >= 15 is 0 Å². The third-order valence-electron chi connectivity index (χ3n) is 6.91. The van der Waals surface area contributed by atoms with Gasteiger partial charge in [-0.2, -0.15) is 5.10 Å². The molecule has 0 spiro atoms. The Balaban J connectivity index is 1.82. The smallest absolute Gasteiger partial charge is 0.273 e. The summed E-state index contributed by atoms with van der Waals surface area (Å²) in [6, 6.07) is 2.00. The molecule has 0 aliphatic heterocycles. The van der Waals surface area contributed by atoms with E-state index in [1.54, 1.807) is 10.9 Å². The number of aryl methyl sites for hydroxylation is 2. The number of anilines is 1. The van der Waals surface area contributed by atoms with Crippen LogP contribution in [0.3, 0.4) is 0 Å². The molecule has 8 heteroatoms. The topological polar surface area (TPSA) is 92.1 Å². The van der Waals surface area contributed by atoms with E-state index < -0.39 is 5.60 Å². The van der Waals surface area contributed by atoms with Gasteiger partial charge in [0.05, 0.1) is 16.3 Å². The molecule has 1 fully saturated rings. The van der Waals surface area contributed by atoms with Crippen molar-refractivity contribution >= 4 is 23.3 Å². The number of nitrogens with zero attached hydrogens (tertiary/aromatic N) is 3. The molecule has 0 unspecified atom stereocenters. The number of carbonyl (C=O) groups is 1. The van der Waals surface area contributed by atoms with Gasteiger partial charge in [-0.1, -0.05) is 25.4 Å². The number of hydrogen-bond acceptors (Lipinski definition) is 5. The van der Waals surface area contributed by atoms with Gasteiger partial charge in [-0.15, -0.1) is 0 Å². The van der Waals surface area contributed by atoms with Gasteiger partial charge in [-0.05, 0) is 77.3 Å². The summed E-state index contributed by atoms with van der Waals surface area (Å²) in [5, 5.41) is 21.9. The van der Waals surface area contributed by atoms with Crippen LogP contribution in [0.1, 0.15) is 82.8 Å². The van der Waals surface area contributed by atoms with Gasteiger partial charge in [0.1, 0.15) is 5.82 Å². The molecule has 0 aromatic carbocycles. The zero-order valence-electron chi connectivity index (χ0n) is 20.8. The fraction of sp³-hybridized carbons (Fsp3) is 0.640. The van der Waals surface area contributed by atoms with Crippen LogP contribution in [-0.2, 0) is 6.54 Å². The zero-order valence-corrected chi connectivity index (χ0v) is 21.5. The minimum absolute atomic E-state index is 0.0600. The number of nitrogens with one attached hydrogen (secondary N) is 2. The van der Waals surface area contributed by atoms with Gasteiger partial charge >= 0.3 is 0 Å². The van der Waals surface area contributed by atoms with Crippen molar-refractivity contribution in [3.8, 4) is 11.3 Å². The first kappa shape index (κ1) is 25.5. The van der Waals surface area contributed by atoms with Crippen LogP contribution < -0.4 is 10.6 Å². The molecule has 1 aliphatic carbocycles. The number of amides is 1. The molecule has 0 saturated heterocycles. The first-order valence-corrected chi connectivity index (χ1v) is 12.4. The minimum Gasteiger partial charge on any atom is -0.388 e. The van der Waals surface area contributed by atoms with Gasteiger partial charge < -0.3 is 15.7 Å². The Morgan fingerprint density at radius 2 is 2.00 bits per heavy atom. The lowest BCUT2D eigenvalue weighted by Crippen LogP contribution is -2.45. The first-order valence-electron chi connectivity index (χ1n) is 12.0. The lowest BCUT2D eigenvalue weighted by molar-refractivity contribution is -0.00544. The average Bonchev–Trinajstić information content (AvgIpc) is 3.10. The normalized spacial score (nSPS) is 21.2. The SMILES string of the molecule is CCn1nc(C(=O)NCC2(O)CCC(C)CC2)c(Cl)c1-c1cnc(NC(C)(C)CC)cc1C. The molecule has 2 heterocycles. The van der Waals surface area contributed by atoms with E-state index in [9.17, 15) is 9.90 Å². The van der Waals surface area contributed by atoms with Crippen LogP contribution in [0.25, 0.3) is 11.3 Å². The summed E-state index contributed by atoms with van der Waals surface area (Å²) in [5.41, 5.74) is 1.77. The van der Waals surface area contributed by atoms with E-state index in [4.69, 9.17) is 11.6 Å². The van der Waals surface area contributed by atoms with Crippen LogP contribution in [-0.4, -0.2) is 43.5 Å². The lowest BCUT2D eigenvalue weighted by Gasteiger charge is -2.34. The van der Waals surface area contributed by atoms with E-state index in [0.29, 0.717) is 36.0 Å². The summed E-state index contributed by atoms with van der Waals surface area (Å²) in [7, 11) is 0. The molecule has 1 saturated carbocycles. The van der Waals surface area contributed by atoms with E-state index in [2.05, 4.69) is 48.4 Å². The van der Waals surface area contributed by atoms with Crippen molar-refractivity contribution in [2.24, 2.45) is 5.92 Å². The van der Waals surface area contributed by atoms with Crippen LogP contribution in [0.15, 0.2) is 12.3 Å². The molecular weight excluding hydrogens is 438 g/mol.